The van der Waals surface area contributed by atoms with Gasteiger partial charge in [-0.15, -0.1) is 3.89 Å². The van der Waals surface area contributed by atoms with E-state index in [1.54, 1.807) is 0 Å². The number of nitrogens with two attached hydrogens (primary N) is 1. The maximum atomic E-state index is 12.0. The van der Waals surface area contributed by atoms with E-state index in [2.05, 4.69) is 0 Å². The molecule has 0 spiro atoms. The fraction of sp³-hybridized carbons (Fsp3) is 1.00. The average molecular weight is 153 g/mol. The van der Waals surface area contributed by atoms with E-state index in [9.17, 15) is 12.3 Å². The smallest absolute Gasteiger partial charge is 0.306 e. The second kappa shape index (κ2) is 1.91. The Morgan fingerprint density at radius 1 is 1.44 bits per heavy atom. The largest absolute Gasteiger partial charge is 0.326 e. The Labute approximate surface area is 53.3 Å². The van der Waals surface area contributed by atoms with E-state index in [0.29, 0.717) is 12.8 Å². The minimum atomic E-state index is -4.34. The molecule has 1 saturated carbocycles. The van der Waals surface area contributed by atoms with Crippen molar-refractivity contribution in [1.29, 1.82) is 0 Å². The Morgan fingerprint density at radius 3 is 2.00 bits per heavy atom. The van der Waals surface area contributed by atoms with Crippen molar-refractivity contribution in [3.8, 4) is 0 Å². The van der Waals surface area contributed by atoms with Crippen LogP contribution in [0.15, 0.2) is 0 Å². The van der Waals surface area contributed by atoms with E-state index >= 15 is 0 Å². The molecule has 9 heavy (non-hydrogen) atoms. The summed E-state index contributed by atoms with van der Waals surface area (Å²) in [6.45, 7) is 0. The quantitative estimate of drug-likeness (QED) is 0.529. The maximum absolute atomic E-state index is 12.0. The Kier molecular flexibility index (Phi) is 1.48. The first-order valence-corrected chi connectivity index (χ1v) is 4.15. The predicted molar refractivity (Wildman–Crippen MR) is 31.0 cm³/mol. The number of hydrogen-bond acceptors (Lipinski definition) is 3. The average Bonchev–Trinajstić information content (AvgIpc) is 1.57. The summed E-state index contributed by atoms with van der Waals surface area (Å²) in [7, 11) is -4.34. The third-order valence-corrected chi connectivity index (χ3v) is 2.93. The monoisotopic (exact) mass is 153 g/mol. The van der Waals surface area contributed by atoms with Gasteiger partial charge in [0.05, 0.1) is 0 Å². The number of hydrogen-bond donors (Lipinski definition) is 1. The molecule has 0 bridgehead atoms. The number of halogens is 1. The fourth-order valence-electron chi connectivity index (χ4n) is 0.845. The van der Waals surface area contributed by atoms with Gasteiger partial charge in [0.1, 0.15) is 5.25 Å². The zero-order valence-corrected chi connectivity index (χ0v) is 5.57. The fourth-order valence-corrected chi connectivity index (χ4v) is 1.82. The molecule has 0 aromatic rings. The molecule has 1 aliphatic rings. The molecular weight excluding hydrogens is 145 g/mol. The molecule has 0 radical (unpaired) electrons. The van der Waals surface area contributed by atoms with Gasteiger partial charge in [-0.2, -0.15) is 8.42 Å². The summed E-state index contributed by atoms with van der Waals surface area (Å²) in [4.78, 5) is 0. The van der Waals surface area contributed by atoms with Crippen LogP contribution in [0.1, 0.15) is 12.8 Å². The lowest BCUT2D eigenvalue weighted by Gasteiger charge is -2.29. The van der Waals surface area contributed by atoms with E-state index in [-0.39, 0.29) is 0 Å². The number of rotatable bonds is 1. The third-order valence-electron chi connectivity index (χ3n) is 1.62. The van der Waals surface area contributed by atoms with Crippen LogP contribution in [0.5, 0.6) is 0 Å². The molecule has 0 unspecified atom stereocenters. The van der Waals surface area contributed by atoms with Gasteiger partial charge in [0.25, 0.3) is 0 Å². The molecule has 5 heteroatoms. The summed E-state index contributed by atoms with van der Waals surface area (Å²) in [5.74, 6) is 0. The molecule has 54 valence electrons. The van der Waals surface area contributed by atoms with Gasteiger partial charge in [-0.3, -0.25) is 0 Å². The SMILES string of the molecule is N[C@@H]1CC[C@H]1S(=O)(=O)F. The molecule has 2 N–H and O–H groups in total. The second-order valence-electron chi connectivity index (χ2n) is 2.26. The van der Waals surface area contributed by atoms with Crippen LogP contribution in [0, 0.1) is 0 Å². The molecule has 0 saturated heterocycles. The molecule has 3 nitrogen and oxygen atoms in total. The molecule has 0 aromatic carbocycles. The molecular formula is C4H8FNO2S. The highest BCUT2D eigenvalue weighted by Gasteiger charge is 2.38. The van der Waals surface area contributed by atoms with E-state index in [4.69, 9.17) is 5.73 Å². The first-order chi connectivity index (χ1) is 4.02. The highest BCUT2D eigenvalue weighted by atomic mass is 32.3. The van der Waals surface area contributed by atoms with Gasteiger partial charge in [0.15, 0.2) is 0 Å². The van der Waals surface area contributed by atoms with Crippen molar-refractivity contribution in [2.75, 3.05) is 0 Å². The lowest BCUT2D eigenvalue weighted by atomic mass is 9.93. The van der Waals surface area contributed by atoms with Crippen LogP contribution in [-0.2, 0) is 10.2 Å². The summed E-state index contributed by atoms with van der Waals surface area (Å²) < 4.78 is 32.1. The predicted octanol–water partition coefficient (Wildman–Crippen LogP) is -0.225. The summed E-state index contributed by atoms with van der Waals surface area (Å²) in [5.41, 5.74) is 5.19. The van der Waals surface area contributed by atoms with Gasteiger partial charge in [-0.05, 0) is 12.8 Å². The van der Waals surface area contributed by atoms with Crippen LogP contribution in [0.2, 0.25) is 0 Å². The normalized spacial score (nSPS) is 35.8. The molecule has 0 amide bonds. The van der Waals surface area contributed by atoms with E-state index in [1.807, 2.05) is 0 Å². The summed E-state index contributed by atoms with van der Waals surface area (Å²) in [6, 6.07) is -0.472. The highest BCUT2D eigenvalue weighted by Crippen LogP contribution is 2.25. The van der Waals surface area contributed by atoms with Crippen LogP contribution in [-0.4, -0.2) is 19.7 Å². The lowest BCUT2D eigenvalue weighted by Crippen LogP contribution is -2.47. The molecule has 1 aliphatic carbocycles. The van der Waals surface area contributed by atoms with Crippen molar-refractivity contribution in [2.24, 2.45) is 5.73 Å². The van der Waals surface area contributed by atoms with Crippen LogP contribution in [0.25, 0.3) is 0 Å². The van der Waals surface area contributed by atoms with Crippen LogP contribution < -0.4 is 5.73 Å². The van der Waals surface area contributed by atoms with Crippen LogP contribution in [0.3, 0.4) is 0 Å². The molecule has 1 fully saturated rings. The van der Waals surface area contributed by atoms with E-state index in [0.717, 1.165) is 0 Å². The Balaban J connectivity index is 2.66. The Hall–Kier alpha value is -0.160. The van der Waals surface area contributed by atoms with Gasteiger partial charge in [0.2, 0.25) is 0 Å². The van der Waals surface area contributed by atoms with Crippen molar-refractivity contribution in [2.45, 2.75) is 24.1 Å². The minimum Gasteiger partial charge on any atom is -0.326 e. The highest BCUT2D eigenvalue weighted by molar-refractivity contribution is 7.87. The van der Waals surface area contributed by atoms with Crippen molar-refractivity contribution in [1.82, 2.24) is 0 Å². The summed E-state index contributed by atoms with van der Waals surface area (Å²) in [6.07, 6.45) is 0.994. The van der Waals surface area contributed by atoms with Crippen molar-refractivity contribution in [3.63, 3.8) is 0 Å². The molecule has 1 rings (SSSR count). The van der Waals surface area contributed by atoms with Crippen LogP contribution >= 0.6 is 0 Å². The van der Waals surface area contributed by atoms with Gasteiger partial charge in [-0.25, -0.2) is 0 Å². The zero-order valence-electron chi connectivity index (χ0n) is 4.75. The standard InChI is InChI=1S/C4H8FNO2S/c5-9(7,8)4-2-1-3(4)6/h3-4H,1-2,6H2/t3-,4-/m1/s1. The molecule has 2 atom stereocenters. The van der Waals surface area contributed by atoms with Crippen LogP contribution in [0.4, 0.5) is 3.89 Å². The van der Waals surface area contributed by atoms with E-state index in [1.165, 1.54) is 0 Å². The molecule has 0 aromatic heterocycles. The summed E-state index contributed by atoms with van der Waals surface area (Å²) in [5, 5.41) is -0.919. The van der Waals surface area contributed by atoms with Crippen molar-refractivity contribution in [3.05, 3.63) is 0 Å². The first-order valence-electron chi connectivity index (χ1n) is 2.71. The Bertz CT molecular complexity index is 201. The topological polar surface area (TPSA) is 60.2 Å². The first kappa shape index (κ1) is 6.95. The van der Waals surface area contributed by atoms with Gasteiger partial charge in [-0.1, -0.05) is 0 Å². The maximum Gasteiger partial charge on any atom is 0.306 e. The van der Waals surface area contributed by atoms with Gasteiger partial charge in [0, 0.05) is 6.04 Å². The summed E-state index contributed by atoms with van der Waals surface area (Å²) >= 11 is 0. The van der Waals surface area contributed by atoms with Gasteiger partial charge < -0.3 is 5.73 Å². The Morgan fingerprint density at radius 2 is 2.00 bits per heavy atom. The molecule has 0 aliphatic heterocycles. The zero-order chi connectivity index (χ0) is 7.07. The second-order valence-corrected chi connectivity index (χ2v) is 3.81. The van der Waals surface area contributed by atoms with E-state index < -0.39 is 21.5 Å². The third kappa shape index (κ3) is 1.21. The van der Waals surface area contributed by atoms with Gasteiger partial charge >= 0.3 is 10.2 Å². The lowest BCUT2D eigenvalue weighted by molar-refractivity contribution is 0.394. The van der Waals surface area contributed by atoms with Crippen molar-refractivity contribution < 1.29 is 12.3 Å². The molecule has 0 heterocycles. The minimum absolute atomic E-state index is 0.375. The van der Waals surface area contributed by atoms with Crippen molar-refractivity contribution >= 4 is 10.2 Å².